The summed E-state index contributed by atoms with van der Waals surface area (Å²) in [7, 11) is 0. The molecule has 0 nitrogen and oxygen atoms in total. The molecule has 28 heavy (non-hydrogen) atoms. The Labute approximate surface area is 163 Å². The van der Waals surface area contributed by atoms with Gasteiger partial charge in [-0.25, -0.2) is 8.78 Å². The molecule has 2 rings (SSSR count). The molecule has 0 saturated carbocycles. The average Bonchev–Trinajstić information content (AvgIpc) is 2.51. The molecule has 0 amide bonds. The lowest BCUT2D eigenvalue weighted by Crippen LogP contribution is -2.51. The third-order valence-corrected chi connectivity index (χ3v) is 4.43. The van der Waals surface area contributed by atoms with E-state index < -0.39 is 61.9 Å². The first-order valence-electron chi connectivity index (χ1n) is 6.92. The maximum absolute atomic E-state index is 14.6. The van der Waals surface area contributed by atoms with Crippen LogP contribution in [0.15, 0.2) is 30.3 Å². The Kier molecular flexibility index (Phi) is 5.69. The summed E-state index contributed by atoms with van der Waals surface area (Å²) in [4.78, 5) is 0. The van der Waals surface area contributed by atoms with E-state index in [1.54, 1.807) is 6.07 Å². The molecule has 0 unspecified atom stereocenters. The van der Waals surface area contributed by atoms with Crippen LogP contribution < -0.4 is 0 Å². The minimum atomic E-state index is -6.68. The molecule has 0 bridgehead atoms. The lowest BCUT2D eigenvalue weighted by atomic mass is 9.85. The van der Waals surface area contributed by atoms with Crippen molar-refractivity contribution in [3.8, 4) is 11.1 Å². The third-order valence-electron chi connectivity index (χ3n) is 3.62. The lowest BCUT2D eigenvalue weighted by molar-refractivity contribution is -0.348. The van der Waals surface area contributed by atoms with Crippen LogP contribution >= 0.6 is 22.6 Å². The molecule has 0 aliphatic heterocycles. The molecule has 1 radical (unpaired) electrons. The van der Waals surface area contributed by atoms with Crippen LogP contribution in [0.3, 0.4) is 0 Å². The summed E-state index contributed by atoms with van der Waals surface area (Å²) < 4.78 is 145. The van der Waals surface area contributed by atoms with Crippen LogP contribution in [0.2, 0.25) is 0 Å². The number of hydrogen-bond donors (Lipinski definition) is 0. The zero-order chi connectivity index (χ0) is 21.7. The summed E-state index contributed by atoms with van der Waals surface area (Å²) in [6, 6.07) is 4.31. The summed E-state index contributed by atoms with van der Waals surface area (Å²) in [6.07, 6.45) is -18.8. The van der Waals surface area contributed by atoms with Crippen LogP contribution in [-0.2, 0) is 11.8 Å². The van der Waals surface area contributed by atoms with Gasteiger partial charge in [-0.15, -0.1) is 0 Å². The van der Waals surface area contributed by atoms with Crippen LogP contribution in [0, 0.1) is 15.5 Å². The van der Waals surface area contributed by atoms with Crippen LogP contribution in [-0.4, -0.2) is 12.4 Å². The van der Waals surface area contributed by atoms with Crippen molar-refractivity contribution in [1.82, 2.24) is 0 Å². The van der Waals surface area contributed by atoms with Gasteiger partial charge in [0.25, 0.3) is 0 Å². The van der Waals surface area contributed by atoms with E-state index in [4.69, 9.17) is 0 Å². The summed E-state index contributed by atoms with van der Waals surface area (Å²) in [5.74, 6) is -1.36. The number of rotatable bonds is 2. The summed E-state index contributed by atoms with van der Waals surface area (Å²) >= 11 is 0.945. The maximum Gasteiger partial charge on any atom is 0.435 e. The fourth-order valence-electron chi connectivity index (χ4n) is 2.37. The molecule has 0 spiro atoms. The topological polar surface area (TPSA) is 0 Å². The van der Waals surface area contributed by atoms with Crippen molar-refractivity contribution in [2.75, 3.05) is 0 Å². The zero-order valence-electron chi connectivity index (χ0n) is 12.9. The van der Waals surface area contributed by atoms with Crippen LogP contribution in [0.4, 0.5) is 48.3 Å². The second-order valence-corrected chi connectivity index (χ2v) is 6.50. The number of benzene rings is 2. The Bertz CT molecular complexity index is 864. The monoisotopic (exact) mass is 533 g/mol. The average molecular weight is 533 g/mol. The van der Waals surface area contributed by atoms with Crippen molar-refractivity contribution in [2.24, 2.45) is 0 Å². The maximum atomic E-state index is 14.6. The summed E-state index contributed by atoms with van der Waals surface area (Å²) in [6.45, 7) is 0. The highest BCUT2D eigenvalue weighted by molar-refractivity contribution is 14.1. The minimum absolute atomic E-state index is 0.647. The van der Waals surface area contributed by atoms with Gasteiger partial charge in [0.2, 0.25) is 0 Å². The second kappa shape index (κ2) is 7.02. The van der Waals surface area contributed by atoms with Crippen molar-refractivity contribution in [2.45, 2.75) is 24.2 Å². The van der Waals surface area contributed by atoms with E-state index in [0.717, 1.165) is 34.7 Å². The number of hydrogen-bond acceptors (Lipinski definition) is 0. The molecule has 0 atom stereocenters. The standard InChI is InChI=1S/C16H5F11I/c17-10-4-2-1-3-8(10)12-9(5-7(6-11(12)28)14(19,20)21)13(18,15(22,23)24)16(25,26)27/h1-5H. The van der Waals surface area contributed by atoms with Gasteiger partial charge in [-0.1, -0.05) is 18.2 Å². The first kappa shape index (κ1) is 22.7. The molecule has 12 heteroatoms. The highest BCUT2D eigenvalue weighted by Gasteiger charge is 2.74. The van der Waals surface area contributed by atoms with E-state index in [1.165, 1.54) is 0 Å². The highest BCUT2D eigenvalue weighted by atomic mass is 127. The van der Waals surface area contributed by atoms with E-state index in [-0.39, 0.29) is 0 Å². The molecule has 0 aromatic heterocycles. The van der Waals surface area contributed by atoms with E-state index in [2.05, 4.69) is 0 Å². The predicted molar refractivity (Wildman–Crippen MR) is 83.3 cm³/mol. The molecule has 0 fully saturated rings. The summed E-state index contributed by atoms with van der Waals surface area (Å²) in [5, 5.41) is 0. The molecular formula is C16H5F11I. The molecule has 0 aliphatic carbocycles. The van der Waals surface area contributed by atoms with Gasteiger partial charge in [0.1, 0.15) is 5.82 Å². The highest BCUT2D eigenvalue weighted by Crippen LogP contribution is 2.56. The van der Waals surface area contributed by atoms with Crippen LogP contribution in [0.5, 0.6) is 0 Å². The third kappa shape index (κ3) is 3.79. The Balaban J connectivity index is 3.06. The SMILES string of the molecule is Fc1ccccc1-c1c(I)[c]c(C(F)(F)F)cc1C(F)(C(F)(F)F)C(F)(F)F. The van der Waals surface area contributed by atoms with E-state index >= 15 is 0 Å². The van der Waals surface area contributed by atoms with Crippen molar-refractivity contribution >= 4 is 22.6 Å². The van der Waals surface area contributed by atoms with E-state index in [9.17, 15) is 48.3 Å². The largest absolute Gasteiger partial charge is 0.435 e. The molecule has 0 N–H and O–H groups in total. The van der Waals surface area contributed by atoms with Gasteiger partial charge in [-0.05, 0) is 34.7 Å². The molecular weight excluding hydrogens is 528 g/mol. The van der Waals surface area contributed by atoms with Crippen molar-refractivity contribution in [1.29, 1.82) is 0 Å². The normalized spacial score (nSPS) is 13.7. The van der Waals surface area contributed by atoms with Gasteiger partial charge in [0, 0.05) is 26.3 Å². The van der Waals surface area contributed by atoms with Crippen molar-refractivity contribution in [3.63, 3.8) is 0 Å². The first-order chi connectivity index (χ1) is 12.5. The number of alkyl halides is 10. The van der Waals surface area contributed by atoms with Gasteiger partial charge < -0.3 is 0 Å². The molecule has 0 heterocycles. The smallest absolute Gasteiger partial charge is 0.218 e. The quantitative estimate of drug-likeness (QED) is 0.283. The Morgan fingerprint density at radius 3 is 1.71 bits per heavy atom. The molecule has 2 aromatic rings. The van der Waals surface area contributed by atoms with Gasteiger partial charge in [0.15, 0.2) is 0 Å². The fraction of sp³-hybridized carbons (Fsp3) is 0.250. The predicted octanol–water partition coefficient (Wildman–Crippen LogP) is 7.21. The Hall–Kier alpha value is -1.60. The van der Waals surface area contributed by atoms with Gasteiger partial charge in [-0.3, -0.25) is 0 Å². The zero-order valence-corrected chi connectivity index (χ0v) is 15.1. The van der Waals surface area contributed by atoms with E-state index in [1.807, 2.05) is 0 Å². The van der Waals surface area contributed by atoms with Crippen molar-refractivity contribution < 1.29 is 48.3 Å². The van der Waals surface area contributed by atoms with Crippen LogP contribution in [0.1, 0.15) is 11.1 Å². The molecule has 0 aliphatic rings. The lowest BCUT2D eigenvalue weighted by Gasteiger charge is -2.32. The molecule has 153 valence electrons. The van der Waals surface area contributed by atoms with Crippen molar-refractivity contribution in [3.05, 3.63) is 56.9 Å². The van der Waals surface area contributed by atoms with Gasteiger partial charge in [0.05, 0.1) is 5.56 Å². The summed E-state index contributed by atoms with van der Waals surface area (Å²) in [5.41, 5.74) is -13.0. The Morgan fingerprint density at radius 2 is 1.29 bits per heavy atom. The van der Waals surface area contributed by atoms with Gasteiger partial charge >= 0.3 is 24.2 Å². The number of halogens is 12. The first-order valence-corrected chi connectivity index (χ1v) is 8.00. The van der Waals surface area contributed by atoms with Gasteiger partial charge in [-0.2, -0.15) is 39.5 Å². The van der Waals surface area contributed by atoms with E-state index in [0.29, 0.717) is 12.1 Å². The Morgan fingerprint density at radius 1 is 0.786 bits per heavy atom. The molecule has 0 saturated heterocycles. The fourth-order valence-corrected chi connectivity index (χ4v) is 3.24. The second-order valence-electron chi connectivity index (χ2n) is 5.42. The molecule has 2 aromatic carbocycles. The minimum Gasteiger partial charge on any atom is -0.218 e. The van der Waals surface area contributed by atoms with Crippen LogP contribution in [0.25, 0.3) is 11.1 Å².